The van der Waals surface area contributed by atoms with Gasteiger partial charge in [-0.25, -0.2) is 4.99 Å². The van der Waals surface area contributed by atoms with E-state index in [1.807, 2.05) is 0 Å². The molecule has 9 aromatic rings. The van der Waals surface area contributed by atoms with Crippen molar-refractivity contribution in [2.24, 2.45) is 4.99 Å². The molecule has 0 bridgehead atoms. The van der Waals surface area contributed by atoms with E-state index in [2.05, 4.69) is 184 Å². The molecule has 0 saturated carbocycles. The van der Waals surface area contributed by atoms with Crippen molar-refractivity contribution in [3.8, 4) is 16.8 Å². The summed E-state index contributed by atoms with van der Waals surface area (Å²) >= 11 is 0. The van der Waals surface area contributed by atoms with Gasteiger partial charge in [0.1, 0.15) is 0 Å². The topological polar surface area (TPSA) is 34.2 Å². The molecule has 0 radical (unpaired) electrons. The van der Waals surface area contributed by atoms with Gasteiger partial charge in [0.2, 0.25) is 6.29 Å². The summed E-state index contributed by atoms with van der Waals surface area (Å²) in [5.41, 5.74) is 10.4. The Morgan fingerprint density at radius 2 is 1.00 bits per heavy atom. The monoisotopic (exact) mass is 614 g/mol. The average molecular weight is 615 g/mol. The van der Waals surface area contributed by atoms with E-state index in [-0.39, 0.29) is 6.29 Å². The van der Waals surface area contributed by atoms with Crippen molar-refractivity contribution < 1.29 is 0 Å². The van der Waals surface area contributed by atoms with Gasteiger partial charge in [0.05, 0.1) is 33.1 Å². The van der Waals surface area contributed by atoms with Gasteiger partial charge >= 0.3 is 0 Å². The molecule has 0 spiro atoms. The average Bonchev–Trinajstić information content (AvgIpc) is 3.68. The highest BCUT2D eigenvalue weighted by atomic mass is 15.3. The van der Waals surface area contributed by atoms with Crippen LogP contribution in [0.5, 0.6) is 0 Å². The number of aromatic nitrogens is 2. The molecular formula is C44H30N4. The summed E-state index contributed by atoms with van der Waals surface area (Å²) in [4.78, 5) is 5.41. The Bertz CT molecular complexity index is 2790. The summed E-state index contributed by atoms with van der Waals surface area (Å²) in [6.45, 7) is 0. The van der Waals surface area contributed by atoms with E-state index < -0.39 is 0 Å². The maximum Gasteiger partial charge on any atom is 0.201 e. The quantitative estimate of drug-likeness (QED) is 0.211. The molecule has 1 aliphatic heterocycles. The third-order valence-electron chi connectivity index (χ3n) is 9.75. The highest BCUT2D eigenvalue weighted by Crippen LogP contribution is 2.41. The van der Waals surface area contributed by atoms with Crippen LogP contribution in [0.25, 0.3) is 66.1 Å². The van der Waals surface area contributed by atoms with Crippen LogP contribution in [0.2, 0.25) is 0 Å². The van der Waals surface area contributed by atoms with Gasteiger partial charge in [0.25, 0.3) is 0 Å². The molecule has 0 fully saturated rings. The van der Waals surface area contributed by atoms with Crippen LogP contribution < -0.4 is 15.9 Å². The van der Waals surface area contributed by atoms with Gasteiger partial charge in [0, 0.05) is 32.5 Å². The summed E-state index contributed by atoms with van der Waals surface area (Å²) in [6, 6.07) is 60.6. The number of rotatable bonds is 4. The van der Waals surface area contributed by atoms with Crippen molar-refractivity contribution in [3.05, 3.63) is 186 Å². The number of nitrogens with zero attached hydrogens (tertiary/aromatic N) is 3. The number of fused-ring (bicyclic) bond motifs is 8. The van der Waals surface area contributed by atoms with Gasteiger partial charge in [-0.2, -0.15) is 0 Å². The van der Waals surface area contributed by atoms with Crippen LogP contribution in [-0.2, 0) is 0 Å². The standard InChI is InChI=1S/C44H30N4/c1-3-13-29(14-4-1)30-23-25-31(26-24-30)41-37-19-7-10-20-38(37)45-44(46-41)48-40-22-12-9-18-34(40)36-28-27-35-33-17-8-11-21-39(33)47(42(35)43(36)48)32-15-5-2-6-16-32/h1-28,44,46H. The third-order valence-corrected chi connectivity index (χ3v) is 9.75. The highest BCUT2D eigenvalue weighted by Gasteiger charge is 2.25. The van der Waals surface area contributed by atoms with E-state index in [1.54, 1.807) is 0 Å². The Labute approximate surface area is 277 Å². The predicted molar refractivity (Wildman–Crippen MR) is 198 cm³/mol. The third kappa shape index (κ3) is 3.99. The molecule has 1 aliphatic rings. The molecule has 7 aromatic carbocycles. The lowest BCUT2D eigenvalue weighted by Gasteiger charge is -2.26. The van der Waals surface area contributed by atoms with Crippen molar-refractivity contribution in [1.82, 2.24) is 14.5 Å². The SMILES string of the molecule is c1ccc(-c2ccc(C3=c4ccccc4=NC(n4c5ccccc5c5ccc6c7ccccc7n(-c7ccccc7)c6c54)N3)cc2)cc1. The highest BCUT2D eigenvalue weighted by molar-refractivity contribution is 6.23. The Morgan fingerprint density at radius 1 is 0.438 bits per heavy atom. The maximum absolute atomic E-state index is 5.41. The summed E-state index contributed by atoms with van der Waals surface area (Å²) < 4.78 is 4.84. The molecule has 1 unspecified atom stereocenters. The zero-order chi connectivity index (χ0) is 31.6. The van der Waals surface area contributed by atoms with Crippen LogP contribution in [0.4, 0.5) is 0 Å². The molecule has 4 heteroatoms. The minimum atomic E-state index is -0.376. The second-order valence-corrected chi connectivity index (χ2v) is 12.4. The lowest BCUT2D eigenvalue weighted by atomic mass is 10.0. The fourth-order valence-corrected chi connectivity index (χ4v) is 7.62. The van der Waals surface area contributed by atoms with E-state index in [9.17, 15) is 0 Å². The first-order valence-corrected chi connectivity index (χ1v) is 16.4. The maximum atomic E-state index is 5.41. The van der Waals surface area contributed by atoms with Crippen LogP contribution >= 0.6 is 0 Å². The minimum Gasteiger partial charge on any atom is -0.345 e. The van der Waals surface area contributed by atoms with Gasteiger partial charge < -0.3 is 9.88 Å². The zero-order valence-electron chi connectivity index (χ0n) is 26.1. The molecule has 2 aromatic heterocycles. The second kappa shape index (κ2) is 10.6. The lowest BCUT2D eigenvalue weighted by Crippen LogP contribution is -2.41. The minimum absolute atomic E-state index is 0.376. The van der Waals surface area contributed by atoms with Gasteiger partial charge in [-0.1, -0.05) is 140 Å². The summed E-state index contributed by atoms with van der Waals surface area (Å²) in [5.74, 6) is 0. The lowest BCUT2D eigenvalue weighted by molar-refractivity contribution is 0.490. The van der Waals surface area contributed by atoms with Gasteiger partial charge in [-0.05, 0) is 47.0 Å². The number of hydrogen-bond acceptors (Lipinski definition) is 2. The molecule has 1 N–H and O–H groups in total. The van der Waals surface area contributed by atoms with Crippen LogP contribution in [0.3, 0.4) is 0 Å². The van der Waals surface area contributed by atoms with Crippen molar-refractivity contribution in [2.45, 2.75) is 6.29 Å². The van der Waals surface area contributed by atoms with Crippen molar-refractivity contribution in [3.63, 3.8) is 0 Å². The predicted octanol–water partition coefficient (Wildman–Crippen LogP) is 9.09. The molecule has 0 saturated heterocycles. The molecule has 4 nitrogen and oxygen atoms in total. The number of hydrogen-bond donors (Lipinski definition) is 1. The van der Waals surface area contributed by atoms with Crippen LogP contribution in [-0.4, -0.2) is 9.13 Å². The van der Waals surface area contributed by atoms with Crippen molar-refractivity contribution in [2.75, 3.05) is 0 Å². The Morgan fingerprint density at radius 3 is 1.77 bits per heavy atom. The largest absolute Gasteiger partial charge is 0.345 e. The Kier molecular flexibility index (Phi) is 5.90. The normalized spacial score (nSPS) is 14.3. The van der Waals surface area contributed by atoms with Gasteiger partial charge in [-0.3, -0.25) is 4.57 Å². The molecule has 226 valence electrons. The van der Waals surface area contributed by atoms with E-state index in [0.29, 0.717) is 0 Å². The molecular weight excluding hydrogens is 585 g/mol. The van der Waals surface area contributed by atoms with Crippen molar-refractivity contribution in [1.29, 1.82) is 0 Å². The smallest absolute Gasteiger partial charge is 0.201 e. The first-order valence-electron chi connectivity index (χ1n) is 16.4. The molecule has 10 rings (SSSR count). The second-order valence-electron chi connectivity index (χ2n) is 12.4. The van der Waals surface area contributed by atoms with Gasteiger partial charge in [0.15, 0.2) is 0 Å². The van der Waals surface area contributed by atoms with E-state index >= 15 is 0 Å². The van der Waals surface area contributed by atoms with Crippen LogP contribution in [0, 0.1) is 0 Å². The fraction of sp³-hybridized carbons (Fsp3) is 0.0227. The number of para-hydroxylation sites is 4. The van der Waals surface area contributed by atoms with Crippen LogP contribution in [0.15, 0.2) is 175 Å². The van der Waals surface area contributed by atoms with Crippen LogP contribution in [0.1, 0.15) is 11.9 Å². The first kappa shape index (κ1) is 26.8. The Balaban J connectivity index is 1.25. The zero-order valence-corrected chi connectivity index (χ0v) is 26.1. The van der Waals surface area contributed by atoms with E-state index in [4.69, 9.17) is 4.99 Å². The molecule has 48 heavy (non-hydrogen) atoms. The van der Waals surface area contributed by atoms with Gasteiger partial charge in [-0.15, -0.1) is 0 Å². The molecule has 1 atom stereocenters. The number of nitrogens with one attached hydrogen (secondary N) is 1. The first-order chi connectivity index (χ1) is 23.8. The molecule has 0 aliphatic carbocycles. The number of benzene rings is 7. The molecule has 0 amide bonds. The Hall–Kier alpha value is -6.39. The summed E-state index contributed by atoms with van der Waals surface area (Å²) in [6.07, 6.45) is -0.376. The molecule has 3 heterocycles. The van der Waals surface area contributed by atoms with E-state index in [1.165, 1.54) is 43.7 Å². The van der Waals surface area contributed by atoms with Crippen molar-refractivity contribution >= 4 is 49.3 Å². The van der Waals surface area contributed by atoms with E-state index in [0.717, 1.165) is 38.6 Å². The summed E-state index contributed by atoms with van der Waals surface area (Å²) in [5, 5.41) is 10.9. The fourth-order valence-electron chi connectivity index (χ4n) is 7.62. The summed E-state index contributed by atoms with van der Waals surface area (Å²) in [7, 11) is 0.